The number of unbranched alkanes of at least 4 members (excludes halogenated alkanes) is 8. The van der Waals surface area contributed by atoms with Crippen molar-refractivity contribution in [1.82, 2.24) is 0 Å². The van der Waals surface area contributed by atoms with Crippen LogP contribution in [0.3, 0.4) is 0 Å². The molecule has 34 heavy (non-hydrogen) atoms. The van der Waals surface area contributed by atoms with Crippen molar-refractivity contribution in [1.29, 1.82) is 0 Å². The van der Waals surface area contributed by atoms with E-state index in [4.69, 9.17) is 5.73 Å². The zero-order valence-electron chi connectivity index (χ0n) is 22.8. The summed E-state index contributed by atoms with van der Waals surface area (Å²) < 4.78 is 0. The van der Waals surface area contributed by atoms with E-state index in [1.165, 1.54) is 120 Å². The molecule has 2 N–H and O–H groups in total. The summed E-state index contributed by atoms with van der Waals surface area (Å²) in [6, 6.07) is 13.4. The Labute approximate surface area is 211 Å². The van der Waals surface area contributed by atoms with Gasteiger partial charge in [-0.05, 0) is 79.0 Å². The van der Waals surface area contributed by atoms with E-state index in [1.807, 2.05) is 0 Å². The van der Waals surface area contributed by atoms with Crippen LogP contribution in [-0.4, -0.2) is 13.1 Å². The van der Waals surface area contributed by atoms with Crippen LogP contribution in [0, 0.1) is 0 Å². The van der Waals surface area contributed by atoms with Crippen LogP contribution >= 0.6 is 0 Å². The highest BCUT2D eigenvalue weighted by molar-refractivity contribution is 5.75. The summed E-state index contributed by atoms with van der Waals surface area (Å²) in [7, 11) is 0. The molecular weight excluding hydrogens is 412 g/mol. The largest absolute Gasteiger partial charge is 0.399 e. The maximum absolute atomic E-state index is 6.02. The summed E-state index contributed by atoms with van der Waals surface area (Å²) in [6.45, 7) is 11.6. The third-order valence-electron chi connectivity index (χ3n) is 7.09. The summed E-state index contributed by atoms with van der Waals surface area (Å²) in [5.74, 6) is 0. The van der Waals surface area contributed by atoms with E-state index in [-0.39, 0.29) is 0 Å². The first-order valence-electron chi connectivity index (χ1n) is 14.4. The Bertz CT molecular complexity index is 783. The average molecular weight is 465 g/mol. The molecule has 0 atom stereocenters. The van der Waals surface area contributed by atoms with Crippen LogP contribution in [0.2, 0.25) is 0 Å². The van der Waals surface area contributed by atoms with E-state index in [0.29, 0.717) is 0 Å². The first-order valence-corrected chi connectivity index (χ1v) is 14.4. The predicted octanol–water partition coefficient (Wildman–Crippen LogP) is 9.59. The van der Waals surface area contributed by atoms with E-state index in [1.54, 1.807) is 11.1 Å². The highest BCUT2D eigenvalue weighted by Crippen LogP contribution is 2.36. The van der Waals surface area contributed by atoms with Gasteiger partial charge in [-0.3, -0.25) is 0 Å². The molecule has 190 valence electrons. The first kappa shape index (κ1) is 28.3. The van der Waals surface area contributed by atoms with Gasteiger partial charge in [0.15, 0.2) is 0 Å². The lowest BCUT2D eigenvalue weighted by atomic mass is 9.87. The van der Waals surface area contributed by atoms with Crippen LogP contribution < -0.4 is 10.6 Å². The Hall–Kier alpha value is -1.96. The van der Waals surface area contributed by atoms with Crippen molar-refractivity contribution >= 4 is 11.4 Å². The summed E-state index contributed by atoms with van der Waals surface area (Å²) in [6.07, 6.45) is 17.9. The van der Waals surface area contributed by atoms with Gasteiger partial charge in [0.05, 0.1) is 0 Å². The Morgan fingerprint density at radius 3 is 1.59 bits per heavy atom. The fourth-order valence-corrected chi connectivity index (χ4v) is 5.04. The number of benzene rings is 2. The van der Waals surface area contributed by atoms with Crippen molar-refractivity contribution in [3.63, 3.8) is 0 Å². The summed E-state index contributed by atoms with van der Waals surface area (Å²) >= 11 is 0. The topological polar surface area (TPSA) is 29.3 Å². The highest BCUT2D eigenvalue weighted by atomic mass is 15.1. The van der Waals surface area contributed by atoms with Gasteiger partial charge >= 0.3 is 0 Å². The van der Waals surface area contributed by atoms with Gasteiger partial charge in [-0.2, -0.15) is 0 Å². The number of nitrogens with zero attached hydrogens (tertiary/aromatic N) is 1. The molecule has 0 aliphatic rings. The standard InChI is InChI=1S/C32H52N2/c1-5-9-13-17-30-29(27-19-21-28(33)22-20-27)23-24-32(31(30)18-14-10-6-2)34(25-15-11-7-3)26-16-12-8-4/h19-24H,5-18,25-26,33H2,1-4H3. The molecule has 2 nitrogen and oxygen atoms in total. The molecule has 0 radical (unpaired) electrons. The molecule has 0 fully saturated rings. The van der Waals surface area contributed by atoms with Crippen LogP contribution in [0.4, 0.5) is 11.4 Å². The van der Waals surface area contributed by atoms with Crippen LogP contribution in [0.25, 0.3) is 11.1 Å². The number of anilines is 2. The predicted molar refractivity (Wildman–Crippen MR) is 154 cm³/mol. The van der Waals surface area contributed by atoms with Gasteiger partial charge < -0.3 is 10.6 Å². The minimum atomic E-state index is 0.842. The third-order valence-corrected chi connectivity index (χ3v) is 7.09. The number of hydrogen-bond acceptors (Lipinski definition) is 2. The van der Waals surface area contributed by atoms with E-state index in [2.05, 4.69) is 69.0 Å². The second-order valence-corrected chi connectivity index (χ2v) is 10.0. The Balaban J connectivity index is 2.54. The number of nitrogens with two attached hydrogens (primary N) is 1. The maximum atomic E-state index is 6.02. The van der Waals surface area contributed by atoms with Gasteiger partial charge in [0.1, 0.15) is 0 Å². The van der Waals surface area contributed by atoms with Crippen molar-refractivity contribution < 1.29 is 0 Å². The third kappa shape index (κ3) is 9.01. The lowest BCUT2D eigenvalue weighted by molar-refractivity contribution is 0.631. The molecule has 0 aromatic heterocycles. The number of rotatable bonds is 18. The molecular formula is C32H52N2. The van der Waals surface area contributed by atoms with E-state index < -0.39 is 0 Å². The molecule has 0 aliphatic heterocycles. The minimum absolute atomic E-state index is 0.842. The van der Waals surface area contributed by atoms with Crippen LogP contribution in [0.1, 0.15) is 116 Å². The lowest BCUT2D eigenvalue weighted by Gasteiger charge is -2.30. The SMILES string of the molecule is CCCCCc1c(-c2ccc(N)cc2)ccc(N(CCCCC)CCCCC)c1CCCCC. The molecule has 0 heterocycles. The van der Waals surface area contributed by atoms with Gasteiger partial charge in [-0.15, -0.1) is 0 Å². The second kappa shape index (κ2) is 16.6. The van der Waals surface area contributed by atoms with Gasteiger partial charge in [0.2, 0.25) is 0 Å². The second-order valence-electron chi connectivity index (χ2n) is 10.0. The zero-order valence-corrected chi connectivity index (χ0v) is 22.8. The Morgan fingerprint density at radius 2 is 1.06 bits per heavy atom. The highest BCUT2D eigenvalue weighted by Gasteiger charge is 2.18. The van der Waals surface area contributed by atoms with Crippen LogP contribution in [0.5, 0.6) is 0 Å². The van der Waals surface area contributed by atoms with E-state index in [9.17, 15) is 0 Å². The van der Waals surface area contributed by atoms with E-state index in [0.717, 1.165) is 5.69 Å². The van der Waals surface area contributed by atoms with Gasteiger partial charge in [-0.1, -0.05) is 97.3 Å². The smallest absolute Gasteiger partial charge is 0.0401 e. The molecule has 2 heteroatoms. The molecule has 0 bridgehead atoms. The zero-order chi connectivity index (χ0) is 24.6. The Morgan fingerprint density at radius 1 is 0.559 bits per heavy atom. The van der Waals surface area contributed by atoms with E-state index >= 15 is 0 Å². The minimum Gasteiger partial charge on any atom is -0.399 e. The molecule has 0 saturated carbocycles. The average Bonchev–Trinajstić information content (AvgIpc) is 2.85. The Kier molecular flexibility index (Phi) is 13.8. The van der Waals surface area contributed by atoms with Crippen molar-refractivity contribution in [2.24, 2.45) is 0 Å². The molecule has 0 saturated heterocycles. The molecule has 2 aromatic rings. The number of hydrogen-bond donors (Lipinski definition) is 1. The van der Waals surface area contributed by atoms with Crippen molar-refractivity contribution in [2.75, 3.05) is 23.7 Å². The normalized spacial score (nSPS) is 11.2. The molecule has 0 aliphatic carbocycles. The summed E-state index contributed by atoms with van der Waals surface area (Å²) in [4.78, 5) is 2.74. The van der Waals surface area contributed by atoms with Crippen molar-refractivity contribution in [2.45, 2.75) is 118 Å². The van der Waals surface area contributed by atoms with Gasteiger partial charge in [-0.25, -0.2) is 0 Å². The van der Waals surface area contributed by atoms with Gasteiger partial charge in [0.25, 0.3) is 0 Å². The maximum Gasteiger partial charge on any atom is 0.0401 e. The lowest BCUT2D eigenvalue weighted by Crippen LogP contribution is -2.27. The van der Waals surface area contributed by atoms with Crippen molar-refractivity contribution in [3.05, 3.63) is 47.5 Å². The van der Waals surface area contributed by atoms with Gasteiger partial charge in [0, 0.05) is 24.5 Å². The fraction of sp³-hybridized carbons (Fsp3) is 0.625. The monoisotopic (exact) mass is 464 g/mol. The van der Waals surface area contributed by atoms with Crippen LogP contribution in [-0.2, 0) is 12.8 Å². The fourth-order valence-electron chi connectivity index (χ4n) is 5.04. The summed E-state index contributed by atoms with van der Waals surface area (Å²) in [5.41, 5.74) is 14.4. The number of nitrogen functional groups attached to an aromatic ring is 1. The molecule has 0 amide bonds. The van der Waals surface area contributed by atoms with Crippen molar-refractivity contribution in [3.8, 4) is 11.1 Å². The summed E-state index contributed by atoms with van der Waals surface area (Å²) in [5, 5.41) is 0. The quantitative estimate of drug-likeness (QED) is 0.176. The molecule has 2 aromatic carbocycles. The molecule has 2 rings (SSSR count). The van der Waals surface area contributed by atoms with Crippen LogP contribution in [0.15, 0.2) is 36.4 Å². The molecule has 0 unspecified atom stereocenters. The first-order chi connectivity index (χ1) is 16.7. The molecule has 0 spiro atoms.